The summed E-state index contributed by atoms with van der Waals surface area (Å²) in [6, 6.07) is 14.2. The number of anilines is 1. The topological polar surface area (TPSA) is 53.1 Å². The van der Waals surface area contributed by atoms with E-state index < -0.39 is 5.82 Å². The third-order valence-electron chi connectivity index (χ3n) is 4.21. The molecule has 0 bridgehead atoms. The summed E-state index contributed by atoms with van der Waals surface area (Å²) < 4.78 is 17.7. The molecular weight excluding hydrogens is 317 g/mol. The highest BCUT2D eigenvalue weighted by Crippen LogP contribution is 2.30. The van der Waals surface area contributed by atoms with Crippen LogP contribution in [-0.4, -0.2) is 14.3 Å². The van der Waals surface area contributed by atoms with E-state index in [4.69, 9.17) is 12.3 Å². The first-order valence-electron chi connectivity index (χ1n) is 7.65. The Hall–Kier alpha value is -3.59. The predicted molar refractivity (Wildman–Crippen MR) is 96.1 cm³/mol. The van der Waals surface area contributed by atoms with Crippen LogP contribution in [0.3, 0.4) is 0 Å². The minimum atomic E-state index is -0.559. The number of nitrogen functional groups attached to an aromatic ring is 1. The first-order chi connectivity index (χ1) is 12.1. The highest BCUT2D eigenvalue weighted by molar-refractivity contribution is 5.82. The van der Waals surface area contributed by atoms with Crippen LogP contribution in [0.1, 0.15) is 0 Å². The summed E-state index contributed by atoms with van der Waals surface area (Å²) in [5.41, 5.74) is 9.06. The molecule has 0 aliphatic carbocycles. The van der Waals surface area contributed by atoms with Gasteiger partial charge in [0.25, 0.3) is 0 Å². The zero-order valence-corrected chi connectivity index (χ0v) is 13.4. The third kappa shape index (κ3) is 2.42. The molecule has 0 fully saturated rings. The van der Waals surface area contributed by atoms with Gasteiger partial charge >= 0.3 is 0 Å². The van der Waals surface area contributed by atoms with E-state index in [-0.39, 0.29) is 5.69 Å². The lowest BCUT2D eigenvalue weighted by atomic mass is 10.1. The van der Waals surface area contributed by atoms with Gasteiger partial charge in [-0.15, -0.1) is 0 Å². The van der Waals surface area contributed by atoms with Gasteiger partial charge in [-0.3, -0.25) is 0 Å². The van der Waals surface area contributed by atoms with Crippen LogP contribution < -0.4 is 5.73 Å². The molecule has 0 unspecified atom stereocenters. The van der Waals surface area contributed by atoms with Gasteiger partial charge in [-0.05, 0) is 29.7 Å². The van der Waals surface area contributed by atoms with Gasteiger partial charge in [0, 0.05) is 30.4 Å². The number of hydrogen-bond acceptors (Lipinski definition) is 2. The van der Waals surface area contributed by atoms with E-state index >= 15 is 0 Å². The molecule has 0 atom stereocenters. The monoisotopic (exact) mass is 331 g/mol. The molecule has 4 aromatic rings. The van der Waals surface area contributed by atoms with Gasteiger partial charge in [-0.2, -0.15) is 5.10 Å². The van der Waals surface area contributed by atoms with Crippen LogP contribution in [0, 0.1) is 12.4 Å². The SMILES string of the molecule is [C-]#[N+]c1ccc(-c2cc(N)nn2-c2ccc3ccn(C)c3c2)cc1F. The quantitative estimate of drug-likeness (QED) is 0.557. The molecule has 122 valence electrons. The average molecular weight is 331 g/mol. The molecule has 0 aliphatic heterocycles. The summed E-state index contributed by atoms with van der Waals surface area (Å²) in [6.45, 7) is 6.97. The fourth-order valence-electron chi connectivity index (χ4n) is 2.94. The van der Waals surface area contributed by atoms with Crippen molar-refractivity contribution in [1.82, 2.24) is 14.3 Å². The molecule has 2 N–H and O–H groups in total. The van der Waals surface area contributed by atoms with Crippen molar-refractivity contribution in [3.63, 3.8) is 0 Å². The first-order valence-corrected chi connectivity index (χ1v) is 7.65. The van der Waals surface area contributed by atoms with Gasteiger partial charge in [-0.1, -0.05) is 18.2 Å². The molecular formula is C19H14FN5. The van der Waals surface area contributed by atoms with Gasteiger partial charge in [-0.25, -0.2) is 13.9 Å². The number of hydrogen-bond donors (Lipinski definition) is 1. The molecule has 5 nitrogen and oxygen atoms in total. The van der Waals surface area contributed by atoms with E-state index in [2.05, 4.69) is 9.94 Å². The van der Waals surface area contributed by atoms with Crippen molar-refractivity contribution < 1.29 is 4.39 Å². The van der Waals surface area contributed by atoms with Gasteiger partial charge in [0.15, 0.2) is 0 Å². The molecule has 0 aliphatic rings. The summed E-state index contributed by atoms with van der Waals surface area (Å²) in [5, 5.41) is 5.48. The van der Waals surface area contributed by atoms with Gasteiger partial charge in [0.1, 0.15) is 11.6 Å². The van der Waals surface area contributed by atoms with E-state index in [0.29, 0.717) is 17.1 Å². The van der Waals surface area contributed by atoms with Crippen LogP contribution in [0.2, 0.25) is 0 Å². The van der Waals surface area contributed by atoms with E-state index in [0.717, 1.165) is 16.6 Å². The maximum Gasteiger partial charge on any atom is 0.222 e. The Bertz CT molecular complexity index is 1150. The van der Waals surface area contributed by atoms with E-state index in [1.165, 1.54) is 12.1 Å². The number of aryl methyl sites for hydroxylation is 1. The van der Waals surface area contributed by atoms with E-state index in [1.807, 2.05) is 42.1 Å². The Labute approximate surface area is 143 Å². The minimum Gasteiger partial charge on any atom is -0.382 e. The molecule has 2 aromatic carbocycles. The number of nitrogens with zero attached hydrogens (tertiary/aromatic N) is 4. The molecule has 0 radical (unpaired) electrons. The van der Waals surface area contributed by atoms with Crippen molar-refractivity contribution in [2.24, 2.45) is 7.05 Å². The lowest BCUT2D eigenvalue weighted by Gasteiger charge is -2.09. The molecule has 0 spiro atoms. The van der Waals surface area contributed by atoms with Crippen LogP contribution in [-0.2, 0) is 7.05 Å². The lowest BCUT2D eigenvalue weighted by Crippen LogP contribution is -2.00. The molecule has 2 aromatic heterocycles. The Morgan fingerprint density at radius 3 is 2.72 bits per heavy atom. The van der Waals surface area contributed by atoms with Crippen molar-refractivity contribution in [2.45, 2.75) is 0 Å². The Morgan fingerprint density at radius 1 is 1.12 bits per heavy atom. The summed E-state index contributed by atoms with van der Waals surface area (Å²) in [5.74, 6) is -0.214. The van der Waals surface area contributed by atoms with Crippen molar-refractivity contribution >= 4 is 22.4 Å². The van der Waals surface area contributed by atoms with Crippen molar-refractivity contribution in [2.75, 3.05) is 5.73 Å². The van der Waals surface area contributed by atoms with Crippen LogP contribution in [0.5, 0.6) is 0 Å². The average Bonchev–Trinajstić information content (AvgIpc) is 3.18. The Kier molecular flexibility index (Phi) is 3.29. The van der Waals surface area contributed by atoms with Gasteiger partial charge in [0.2, 0.25) is 5.69 Å². The largest absolute Gasteiger partial charge is 0.382 e. The smallest absolute Gasteiger partial charge is 0.222 e. The minimum absolute atomic E-state index is 0.00647. The number of nitrogens with two attached hydrogens (primary N) is 1. The number of fused-ring (bicyclic) bond motifs is 1. The standard InChI is InChI=1S/C19H14FN5/c1-22-16-6-4-13(9-15(16)20)18-11-19(21)23-25(18)14-5-3-12-7-8-24(2)17(12)10-14/h3-11H,2H3,(H2,21,23). The van der Waals surface area contributed by atoms with Crippen LogP contribution >= 0.6 is 0 Å². The fraction of sp³-hybridized carbons (Fsp3) is 0.0526. The van der Waals surface area contributed by atoms with Crippen molar-refractivity contribution in [3.05, 3.63) is 72.0 Å². The lowest BCUT2D eigenvalue weighted by molar-refractivity contribution is 0.634. The fourth-order valence-corrected chi connectivity index (χ4v) is 2.94. The van der Waals surface area contributed by atoms with Crippen molar-refractivity contribution in [1.29, 1.82) is 0 Å². The zero-order chi connectivity index (χ0) is 17.6. The summed E-state index contributed by atoms with van der Waals surface area (Å²) in [4.78, 5) is 3.15. The highest BCUT2D eigenvalue weighted by Gasteiger charge is 2.13. The highest BCUT2D eigenvalue weighted by atomic mass is 19.1. The number of halogens is 1. The van der Waals surface area contributed by atoms with Gasteiger partial charge in [0.05, 0.1) is 18.0 Å². The maximum absolute atomic E-state index is 14.0. The third-order valence-corrected chi connectivity index (χ3v) is 4.21. The number of aromatic nitrogens is 3. The maximum atomic E-state index is 14.0. The van der Waals surface area contributed by atoms with E-state index in [1.54, 1.807) is 16.8 Å². The summed E-state index contributed by atoms with van der Waals surface area (Å²) >= 11 is 0. The predicted octanol–water partition coefficient (Wildman–Crippen LogP) is 4.30. The Morgan fingerprint density at radius 2 is 1.96 bits per heavy atom. The Balaban J connectivity index is 1.90. The molecule has 4 rings (SSSR count). The molecule has 0 saturated carbocycles. The zero-order valence-electron chi connectivity index (χ0n) is 13.4. The molecule has 0 saturated heterocycles. The number of rotatable bonds is 2. The second kappa shape index (κ2) is 5.49. The summed E-state index contributed by atoms with van der Waals surface area (Å²) in [6.07, 6.45) is 1.99. The van der Waals surface area contributed by atoms with Gasteiger partial charge < -0.3 is 10.3 Å². The van der Waals surface area contributed by atoms with Crippen LogP contribution in [0.4, 0.5) is 15.9 Å². The normalized spacial score (nSPS) is 10.9. The molecule has 2 heterocycles. The van der Waals surface area contributed by atoms with Crippen molar-refractivity contribution in [3.8, 4) is 16.9 Å². The number of benzene rings is 2. The van der Waals surface area contributed by atoms with E-state index in [9.17, 15) is 4.39 Å². The summed E-state index contributed by atoms with van der Waals surface area (Å²) in [7, 11) is 1.98. The van der Waals surface area contributed by atoms with Crippen LogP contribution in [0.25, 0.3) is 32.7 Å². The molecule has 0 amide bonds. The molecule has 25 heavy (non-hydrogen) atoms. The second-order valence-electron chi connectivity index (χ2n) is 5.81. The van der Waals surface area contributed by atoms with Crippen LogP contribution in [0.15, 0.2) is 54.7 Å². The first kappa shape index (κ1) is 15.0. The second-order valence-corrected chi connectivity index (χ2v) is 5.81. The molecule has 6 heteroatoms.